The van der Waals surface area contributed by atoms with E-state index in [-0.39, 0.29) is 21.1 Å². The van der Waals surface area contributed by atoms with E-state index in [1.54, 1.807) is 14.2 Å². The molecule has 2 rings (SSSR count). The van der Waals surface area contributed by atoms with Crippen LogP contribution in [-0.4, -0.2) is 35.4 Å². The van der Waals surface area contributed by atoms with Crippen LogP contribution in [0.5, 0.6) is 5.75 Å². The van der Waals surface area contributed by atoms with Gasteiger partial charge in [0.2, 0.25) is 0 Å². The van der Waals surface area contributed by atoms with E-state index in [1.807, 2.05) is 17.8 Å². The van der Waals surface area contributed by atoms with Crippen molar-refractivity contribution in [3.8, 4) is 5.75 Å². The average Bonchev–Trinajstić information content (AvgIpc) is 2.62. The standard InChI is InChI=1S/C20H26O2SSe/c1-14(23-5)17-12-9-13-18(21-3)20(17)24-15(2)19(22-4)16-10-7-6-8-11-16/h6-15,19H,1-5H3/t14-,15?,19?/m0/s1. The predicted molar refractivity (Wildman–Crippen MR) is 106 cm³/mol. The summed E-state index contributed by atoms with van der Waals surface area (Å²) in [5.74, 6) is 1.00. The van der Waals surface area contributed by atoms with Crippen LogP contribution in [0.4, 0.5) is 0 Å². The van der Waals surface area contributed by atoms with Crippen LogP contribution in [0.1, 0.15) is 36.3 Å². The van der Waals surface area contributed by atoms with Gasteiger partial charge in [0.25, 0.3) is 0 Å². The molecule has 0 radical (unpaired) electrons. The van der Waals surface area contributed by atoms with Crippen LogP contribution in [0.3, 0.4) is 0 Å². The second-order valence-electron chi connectivity index (χ2n) is 5.65. The van der Waals surface area contributed by atoms with Crippen molar-refractivity contribution in [2.75, 3.05) is 20.5 Å². The van der Waals surface area contributed by atoms with Gasteiger partial charge >= 0.3 is 157 Å². The molecule has 0 aliphatic carbocycles. The zero-order valence-electron chi connectivity index (χ0n) is 15.0. The molecule has 0 heterocycles. The minimum atomic E-state index is 0.105. The summed E-state index contributed by atoms with van der Waals surface area (Å²) in [4.78, 5) is 0.411. The Hall–Kier alpha value is -0.931. The van der Waals surface area contributed by atoms with Crippen molar-refractivity contribution in [1.82, 2.24) is 0 Å². The van der Waals surface area contributed by atoms with Crippen LogP contribution in [0.25, 0.3) is 0 Å². The van der Waals surface area contributed by atoms with Gasteiger partial charge < -0.3 is 0 Å². The summed E-state index contributed by atoms with van der Waals surface area (Å²) in [5, 5.41) is 0.460. The summed E-state index contributed by atoms with van der Waals surface area (Å²) in [6, 6.07) is 16.9. The molecule has 2 unspecified atom stereocenters. The Balaban J connectivity index is 2.32. The summed E-state index contributed by atoms with van der Waals surface area (Å²) in [5.41, 5.74) is 2.63. The third kappa shape index (κ3) is 4.57. The van der Waals surface area contributed by atoms with Crippen molar-refractivity contribution < 1.29 is 9.47 Å². The van der Waals surface area contributed by atoms with Crippen LogP contribution in [0.15, 0.2) is 48.5 Å². The van der Waals surface area contributed by atoms with E-state index < -0.39 is 0 Å². The fraction of sp³-hybridized carbons (Fsp3) is 0.400. The number of rotatable bonds is 8. The van der Waals surface area contributed by atoms with E-state index in [2.05, 4.69) is 62.6 Å². The molecule has 0 amide bonds. The molecule has 0 fully saturated rings. The van der Waals surface area contributed by atoms with Gasteiger partial charge in [-0.05, 0) is 0 Å². The van der Waals surface area contributed by atoms with Crippen LogP contribution >= 0.6 is 11.8 Å². The molecule has 0 saturated heterocycles. The summed E-state index contributed by atoms with van der Waals surface area (Å²) in [7, 11) is 3.57. The number of hydrogen-bond acceptors (Lipinski definition) is 3. The zero-order valence-corrected chi connectivity index (χ0v) is 17.5. The van der Waals surface area contributed by atoms with Crippen LogP contribution in [-0.2, 0) is 4.74 Å². The molecule has 0 spiro atoms. The number of hydrogen-bond donors (Lipinski definition) is 0. The maximum atomic E-state index is 5.84. The topological polar surface area (TPSA) is 18.5 Å². The molecule has 0 N–H and O–H groups in total. The molecule has 3 atom stereocenters. The quantitative estimate of drug-likeness (QED) is 0.592. The monoisotopic (exact) mass is 410 g/mol. The van der Waals surface area contributed by atoms with E-state index in [9.17, 15) is 0 Å². The second kappa shape index (κ2) is 9.53. The fourth-order valence-corrected chi connectivity index (χ4v) is 6.34. The summed E-state index contributed by atoms with van der Waals surface area (Å²) >= 11 is 2.12. The van der Waals surface area contributed by atoms with E-state index >= 15 is 0 Å². The van der Waals surface area contributed by atoms with E-state index in [1.165, 1.54) is 15.6 Å². The van der Waals surface area contributed by atoms with Crippen molar-refractivity contribution in [2.24, 2.45) is 0 Å². The van der Waals surface area contributed by atoms with Crippen LogP contribution in [0, 0.1) is 0 Å². The van der Waals surface area contributed by atoms with Gasteiger partial charge in [0, 0.05) is 0 Å². The van der Waals surface area contributed by atoms with Crippen LogP contribution < -0.4 is 9.20 Å². The van der Waals surface area contributed by atoms with E-state index in [0.717, 1.165) is 5.75 Å². The summed E-state index contributed by atoms with van der Waals surface area (Å²) < 4.78 is 12.9. The van der Waals surface area contributed by atoms with Gasteiger partial charge in [-0.25, -0.2) is 0 Å². The number of benzene rings is 2. The SMILES string of the molecule is COc1cccc([C@H](C)SC)c1[Se]C(C)C(OC)c1ccccc1. The van der Waals surface area contributed by atoms with Gasteiger partial charge in [0.15, 0.2) is 0 Å². The Morgan fingerprint density at radius 3 is 2.25 bits per heavy atom. The maximum absolute atomic E-state index is 5.84. The number of methoxy groups -OCH3 is 2. The first-order valence-electron chi connectivity index (χ1n) is 8.06. The van der Waals surface area contributed by atoms with Gasteiger partial charge in [-0.1, -0.05) is 0 Å². The van der Waals surface area contributed by atoms with E-state index in [4.69, 9.17) is 9.47 Å². The normalized spacial score (nSPS) is 14.9. The Labute approximate surface area is 156 Å². The van der Waals surface area contributed by atoms with Gasteiger partial charge in [0.1, 0.15) is 0 Å². The molecule has 0 bridgehead atoms. The predicted octanol–water partition coefficient (Wildman–Crippen LogP) is 4.64. The molecule has 0 aromatic heterocycles. The van der Waals surface area contributed by atoms with Crippen molar-refractivity contribution >= 4 is 31.2 Å². The third-order valence-electron chi connectivity index (χ3n) is 4.13. The second-order valence-corrected chi connectivity index (χ2v) is 9.74. The molecular formula is C20H26O2SSe. The van der Waals surface area contributed by atoms with Crippen molar-refractivity contribution in [1.29, 1.82) is 0 Å². The third-order valence-corrected chi connectivity index (χ3v) is 7.80. The Morgan fingerprint density at radius 2 is 1.67 bits per heavy atom. The summed E-state index contributed by atoms with van der Waals surface area (Å²) in [6.07, 6.45) is 2.26. The fourth-order valence-electron chi connectivity index (χ4n) is 2.76. The Kier molecular flexibility index (Phi) is 7.70. The Bertz CT molecular complexity index is 633. The average molecular weight is 409 g/mol. The van der Waals surface area contributed by atoms with Gasteiger partial charge in [0.05, 0.1) is 0 Å². The van der Waals surface area contributed by atoms with Crippen molar-refractivity contribution in [3.63, 3.8) is 0 Å². The van der Waals surface area contributed by atoms with Gasteiger partial charge in [-0.2, -0.15) is 0 Å². The van der Waals surface area contributed by atoms with Crippen LogP contribution in [0.2, 0.25) is 4.82 Å². The zero-order chi connectivity index (χ0) is 17.5. The molecule has 2 aromatic rings. The molecule has 0 saturated carbocycles. The van der Waals surface area contributed by atoms with Gasteiger partial charge in [-0.3, -0.25) is 0 Å². The molecule has 0 aliphatic heterocycles. The molecule has 0 aliphatic rings. The Morgan fingerprint density at radius 1 is 0.958 bits per heavy atom. The molecule has 130 valence electrons. The molecule has 2 nitrogen and oxygen atoms in total. The summed E-state index contributed by atoms with van der Waals surface area (Å²) in [6.45, 7) is 4.54. The first-order valence-corrected chi connectivity index (χ1v) is 11.2. The first-order chi connectivity index (χ1) is 11.6. The first kappa shape index (κ1) is 19.4. The minimum absolute atomic E-state index is 0.105. The van der Waals surface area contributed by atoms with Crippen molar-refractivity contribution in [3.05, 3.63) is 59.7 Å². The number of thioether (sulfide) groups is 1. The molecule has 24 heavy (non-hydrogen) atoms. The van der Waals surface area contributed by atoms with Gasteiger partial charge in [-0.15, -0.1) is 0 Å². The van der Waals surface area contributed by atoms with Crippen molar-refractivity contribution in [2.45, 2.75) is 30.0 Å². The number of ether oxygens (including phenoxy) is 2. The molecular weight excluding hydrogens is 383 g/mol. The molecule has 4 heteroatoms. The molecule has 2 aromatic carbocycles. The van der Waals surface area contributed by atoms with E-state index in [0.29, 0.717) is 10.1 Å².